The van der Waals surface area contributed by atoms with Gasteiger partial charge >= 0.3 is 0 Å². The Hall–Kier alpha value is -2.06. The molecule has 0 aliphatic carbocycles. The number of rotatable bonds is 3. The number of nitriles is 1. The van der Waals surface area contributed by atoms with Crippen LogP contribution >= 0.6 is 11.6 Å². The highest BCUT2D eigenvalue weighted by Crippen LogP contribution is 2.27. The molecule has 5 nitrogen and oxygen atoms in total. The number of anilines is 1. The molecule has 3 heterocycles. The van der Waals surface area contributed by atoms with Gasteiger partial charge in [-0.05, 0) is 6.07 Å². The zero-order valence-electron chi connectivity index (χ0n) is 10.2. The molecular weight excluding hydrogens is 262 g/mol. The van der Waals surface area contributed by atoms with Crippen molar-refractivity contribution in [3.63, 3.8) is 0 Å². The smallest absolute Gasteiger partial charge is 0.101 e. The monoisotopic (exact) mass is 273 g/mol. The molecule has 0 amide bonds. The molecule has 0 aromatic carbocycles. The van der Waals surface area contributed by atoms with Crippen LogP contribution in [0.5, 0.6) is 0 Å². The van der Waals surface area contributed by atoms with Gasteiger partial charge < -0.3 is 4.90 Å². The molecule has 3 rings (SSSR count). The van der Waals surface area contributed by atoms with Gasteiger partial charge in [0.25, 0.3) is 0 Å². The second-order valence-electron chi connectivity index (χ2n) is 4.66. The summed E-state index contributed by atoms with van der Waals surface area (Å²) in [7, 11) is 0. The SMILES string of the molecule is N#Cc1ccncc1N1CC(Cn2cc(Cl)cn2)C1. The molecule has 96 valence electrons. The summed E-state index contributed by atoms with van der Waals surface area (Å²) in [5, 5.41) is 13.9. The second-order valence-corrected chi connectivity index (χ2v) is 5.09. The Bertz CT molecular complexity index is 624. The third-order valence-corrected chi connectivity index (χ3v) is 3.46. The lowest BCUT2D eigenvalue weighted by Crippen LogP contribution is -2.49. The van der Waals surface area contributed by atoms with Crippen molar-refractivity contribution in [2.45, 2.75) is 6.54 Å². The molecule has 0 radical (unpaired) electrons. The second kappa shape index (κ2) is 4.90. The maximum absolute atomic E-state index is 9.06. The largest absolute Gasteiger partial charge is 0.368 e. The Morgan fingerprint density at radius 3 is 2.95 bits per heavy atom. The fourth-order valence-corrected chi connectivity index (χ4v) is 2.47. The van der Waals surface area contributed by atoms with Crippen molar-refractivity contribution in [1.82, 2.24) is 14.8 Å². The van der Waals surface area contributed by atoms with Crippen LogP contribution in [-0.4, -0.2) is 27.9 Å². The third-order valence-electron chi connectivity index (χ3n) is 3.27. The predicted molar refractivity (Wildman–Crippen MR) is 71.9 cm³/mol. The minimum absolute atomic E-state index is 0.530. The number of halogens is 1. The van der Waals surface area contributed by atoms with Gasteiger partial charge in [-0.1, -0.05) is 11.6 Å². The average molecular weight is 274 g/mol. The Kier molecular flexibility index (Phi) is 3.10. The zero-order chi connectivity index (χ0) is 13.2. The van der Waals surface area contributed by atoms with Gasteiger partial charge in [0.15, 0.2) is 0 Å². The van der Waals surface area contributed by atoms with Gasteiger partial charge in [0, 0.05) is 37.9 Å². The van der Waals surface area contributed by atoms with Crippen molar-refractivity contribution in [2.24, 2.45) is 5.92 Å². The molecule has 0 unspecified atom stereocenters. The summed E-state index contributed by atoms with van der Waals surface area (Å²) < 4.78 is 1.86. The number of nitrogens with zero attached hydrogens (tertiary/aromatic N) is 5. The topological polar surface area (TPSA) is 57.7 Å². The van der Waals surface area contributed by atoms with E-state index in [0.717, 1.165) is 25.3 Å². The highest BCUT2D eigenvalue weighted by molar-refractivity contribution is 6.30. The average Bonchev–Trinajstić information content (AvgIpc) is 2.79. The molecule has 1 fully saturated rings. The van der Waals surface area contributed by atoms with Gasteiger partial charge in [0.2, 0.25) is 0 Å². The molecular formula is C13H12ClN5. The van der Waals surface area contributed by atoms with Crippen LogP contribution in [0.2, 0.25) is 5.02 Å². The Balaban J connectivity index is 1.62. The summed E-state index contributed by atoms with van der Waals surface area (Å²) >= 11 is 5.83. The Morgan fingerprint density at radius 2 is 2.26 bits per heavy atom. The Morgan fingerprint density at radius 1 is 1.42 bits per heavy atom. The molecule has 6 heteroatoms. The maximum Gasteiger partial charge on any atom is 0.101 e. The maximum atomic E-state index is 9.06. The van der Waals surface area contributed by atoms with E-state index in [1.54, 1.807) is 24.7 Å². The summed E-state index contributed by atoms with van der Waals surface area (Å²) in [5.74, 6) is 0.530. The quantitative estimate of drug-likeness (QED) is 0.858. The normalized spacial score (nSPS) is 15.1. The Labute approximate surface area is 116 Å². The van der Waals surface area contributed by atoms with E-state index in [2.05, 4.69) is 21.1 Å². The number of aromatic nitrogens is 3. The zero-order valence-corrected chi connectivity index (χ0v) is 11.0. The van der Waals surface area contributed by atoms with E-state index in [1.165, 1.54) is 0 Å². The van der Waals surface area contributed by atoms with Gasteiger partial charge in [0.1, 0.15) is 6.07 Å². The van der Waals surface area contributed by atoms with E-state index in [0.29, 0.717) is 16.5 Å². The van der Waals surface area contributed by atoms with Crippen LogP contribution in [0.15, 0.2) is 30.9 Å². The molecule has 0 spiro atoms. The molecule has 1 saturated heterocycles. The van der Waals surface area contributed by atoms with Crippen molar-refractivity contribution < 1.29 is 0 Å². The third kappa shape index (κ3) is 2.40. The number of hydrogen-bond acceptors (Lipinski definition) is 4. The molecule has 2 aromatic rings. The molecule has 0 bridgehead atoms. The molecule has 0 N–H and O–H groups in total. The number of pyridine rings is 1. The summed E-state index contributed by atoms with van der Waals surface area (Å²) in [4.78, 5) is 6.25. The van der Waals surface area contributed by atoms with E-state index >= 15 is 0 Å². The van der Waals surface area contributed by atoms with Gasteiger partial charge in [-0.25, -0.2) is 0 Å². The lowest BCUT2D eigenvalue weighted by atomic mass is 9.98. The molecule has 1 aliphatic heterocycles. The van der Waals surface area contributed by atoms with E-state index in [9.17, 15) is 0 Å². The van der Waals surface area contributed by atoms with Crippen molar-refractivity contribution in [1.29, 1.82) is 5.26 Å². The standard InChI is InChI=1S/C13H12ClN5/c14-12-4-17-19(9-12)8-10-6-18(7-10)13-5-16-2-1-11(13)3-15/h1-2,4-5,9-10H,6-8H2. The van der Waals surface area contributed by atoms with Crippen molar-refractivity contribution in [2.75, 3.05) is 18.0 Å². The fourth-order valence-electron chi connectivity index (χ4n) is 2.32. The van der Waals surface area contributed by atoms with E-state index in [1.807, 2.05) is 10.9 Å². The van der Waals surface area contributed by atoms with Crippen LogP contribution in [-0.2, 0) is 6.54 Å². The highest BCUT2D eigenvalue weighted by Gasteiger charge is 2.28. The van der Waals surface area contributed by atoms with Crippen LogP contribution in [0.25, 0.3) is 0 Å². The highest BCUT2D eigenvalue weighted by atomic mass is 35.5. The lowest BCUT2D eigenvalue weighted by molar-refractivity contribution is 0.342. The van der Waals surface area contributed by atoms with Crippen molar-refractivity contribution in [3.05, 3.63) is 41.4 Å². The van der Waals surface area contributed by atoms with Crippen molar-refractivity contribution in [3.8, 4) is 6.07 Å². The van der Waals surface area contributed by atoms with Crippen LogP contribution in [0.1, 0.15) is 5.56 Å². The van der Waals surface area contributed by atoms with Crippen LogP contribution in [0.3, 0.4) is 0 Å². The van der Waals surface area contributed by atoms with Crippen LogP contribution in [0.4, 0.5) is 5.69 Å². The first-order chi connectivity index (χ1) is 9.26. The van der Waals surface area contributed by atoms with Gasteiger partial charge in [-0.3, -0.25) is 9.67 Å². The predicted octanol–water partition coefficient (Wildman–Crippen LogP) is 1.94. The summed E-state index contributed by atoms with van der Waals surface area (Å²) in [6.45, 7) is 2.68. The summed E-state index contributed by atoms with van der Waals surface area (Å²) in [5.41, 5.74) is 1.59. The number of hydrogen-bond donors (Lipinski definition) is 0. The minimum Gasteiger partial charge on any atom is -0.368 e. The van der Waals surface area contributed by atoms with Crippen LogP contribution < -0.4 is 4.90 Å². The first-order valence-electron chi connectivity index (χ1n) is 6.03. The van der Waals surface area contributed by atoms with E-state index in [4.69, 9.17) is 16.9 Å². The van der Waals surface area contributed by atoms with Gasteiger partial charge in [0.05, 0.1) is 28.7 Å². The fraction of sp³-hybridized carbons (Fsp3) is 0.308. The van der Waals surface area contributed by atoms with Crippen molar-refractivity contribution >= 4 is 17.3 Å². The minimum atomic E-state index is 0.530. The van der Waals surface area contributed by atoms with Gasteiger partial charge in [-0.15, -0.1) is 0 Å². The van der Waals surface area contributed by atoms with Gasteiger partial charge in [-0.2, -0.15) is 10.4 Å². The molecule has 0 atom stereocenters. The molecule has 2 aromatic heterocycles. The van der Waals surface area contributed by atoms with Crippen LogP contribution in [0, 0.1) is 17.2 Å². The summed E-state index contributed by atoms with van der Waals surface area (Å²) in [6.07, 6.45) is 6.87. The molecule has 0 saturated carbocycles. The molecule has 19 heavy (non-hydrogen) atoms. The molecule has 1 aliphatic rings. The first-order valence-corrected chi connectivity index (χ1v) is 6.41. The lowest BCUT2D eigenvalue weighted by Gasteiger charge is -2.41. The van der Waals surface area contributed by atoms with E-state index in [-0.39, 0.29) is 0 Å². The summed E-state index contributed by atoms with van der Waals surface area (Å²) in [6, 6.07) is 3.94. The first kappa shape index (κ1) is 12.0. The van der Waals surface area contributed by atoms with E-state index < -0.39 is 0 Å².